The summed E-state index contributed by atoms with van der Waals surface area (Å²) in [6.45, 7) is 3.73. The van der Waals surface area contributed by atoms with E-state index in [4.69, 9.17) is 14.2 Å². The van der Waals surface area contributed by atoms with E-state index < -0.39 is 11.9 Å². The third-order valence-electron chi connectivity index (χ3n) is 5.63. The molecule has 0 atom stereocenters. The third kappa shape index (κ3) is 6.06. The zero-order valence-corrected chi connectivity index (χ0v) is 18.1. The summed E-state index contributed by atoms with van der Waals surface area (Å²) in [5, 5.41) is 0. The molecule has 1 heterocycles. The topological polar surface area (TPSA) is 99.2 Å². The van der Waals surface area contributed by atoms with Crippen LogP contribution in [0.4, 0.5) is 5.69 Å². The second kappa shape index (κ2) is 10.4. The molecule has 1 aromatic carbocycles. The second-order valence-electron chi connectivity index (χ2n) is 8.05. The Morgan fingerprint density at radius 2 is 1.84 bits per heavy atom. The predicted molar refractivity (Wildman–Crippen MR) is 112 cm³/mol. The summed E-state index contributed by atoms with van der Waals surface area (Å²) in [5.74, 6) is -0.484. The van der Waals surface area contributed by atoms with Gasteiger partial charge in [0.05, 0.1) is 18.7 Å². The highest BCUT2D eigenvalue weighted by Gasteiger charge is 2.30. The molecule has 0 bridgehead atoms. The Labute approximate surface area is 181 Å². The minimum absolute atomic E-state index is 0.00539. The number of carbonyl (C=O) groups excluding carboxylic acids is 4. The summed E-state index contributed by atoms with van der Waals surface area (Å²) < 4.78 is 15.9. The largest absolute Gasteiger partial charge is 0.482 e. The molecule has 0 saturated heterocycles. The highest BCUT2D eigenvalue weighted by molar-refractivity contribution is 6.04. The molecule has 8 heteroatoms. The maximum absolute atomic E-state index is 12.5. The van der Waals surface area contributed by atoms with Crippen molar-refractivity contribution in [2.24, 2.45) is 5.92 Å². The van der Waals surface area contributed by atoms with Gasteiger partial charge in [-0.1, -0.05) is 6.92 Å². The number of anilines is 1. The lowest BCUT2D eigenvalue weighted by Gasteiger charge is -2.30. The van der Waals surface area contributed by atoms with Crippen molar-refractivity contribution in [3.8, 4) is 5.75 Å². The molecule has 1 aromatic rings. The van der Waals surface area contributed by atoms with Crippen LogP contribution >= 0.6 is 0 Å². The van der Waals surface area contributed by atoms with Crippen molar-refractivity contribution >= 4 is 29.3 Å². The van der Waals surface area contributed by atoms with Crippen molar-refractivity contribution in [1.29, 1.82) is 0 Å². The summed E-state index contributed by atoms with van der Waals surface area (Å²) in [6.07, 6.45) is 3.57. The number of rotatable bonds is 8. The van der Waals surface area contributed by atoms with Crippen LogP contribution in [0.3, 0.4) is 0 Å². The molecule has 0 aromatic heterocycles. The number of ether oxygens (including phenoxy) is 3. The van der Waals surface area contributed by atoms with Crippen LogP contribution in [0.5, 0.6) is 5.75 Å². The van der Waals surface area contributed by atoms with Gasteiger partial charge in [0.2, 0.25) is 0 Å². The fourth-order valence-electron chi connectivity index (χ4n) is 3.84. The fraction of sp³-hybridized carbons (Fsp3) is 0.565. The van der Waals surface area contributed by atoms with Gasteiger partial charge in [0.25, 0.3) is 5.91 Å². The number of benzene rings is 1. The van der Waals surface area contributed by atoms with Gasteiger partial charge >= 0.3 is 11.9 Å². The number of carbonyl (C=O) groups is 4. The highest BCUT2D eigenvalue weighted by Crippen LogP contribution is 2.33. The highest BCUT2D eigenvalue weighted by atomic mass is 16.5. The molecule has 0 radical (unpaired) electrons. The normalized spacial score (nSPS) is 20.5. The molecule has 31 heavy (non-hydrogen) atoms. The molecule has 1 amide bonds. The number of nitrogens with zero attached hydrogens (tertiary/aromatic N) is 1. The molecule has 168 valence electrons. The summed E-state index contributed by atoms with van der Waals surface area (Å²) in [5.41, 5.74) is 0.688. The molecule has 0 spiro atoms. The van der Waals surface area contributed by atoms with Crippen LogP contribution < -0.4 is 9.64 Å². The van der Waals surface area contributed by atoms with E-state index in [9.17, 15) is 19.2 Å². The van der Waals surface area contributed by atoms with Crippen LogP contribution in [0.2, 0.25) is 0 Å². The van der Waals surface area contributed by atoms with Gasteiger partial charge in [-0.2, -0.15) is 0 Å². The van der Waals surface area contributed by atoms with Crippen LogP contribution in [-0.4, -0.2) is 49.5 Å². The maximum atomic E-state index is 12.5. The van der Waals surface area contributed by atoms with E-state index in [1.54, 1.807) is 19.1 Å². The van der Waals surface area contributed by atoms with E-state index >= 15 is 0 Å². The molecule has 1 aliphatic heterocycles. The minimum Gasteiger partial charge on any atom is -0.482 e. The monoisotopic (exact) mass is 431 g/mol. The molecule has 0 N–H and O–H groups in total. The first-order chi connectivity index (χ1) is 14.9. The third-order valence-corrected chi connectivity index (χ3v) is 5.63. The van der Waals surface area contributed by atoms with E-state index in [1.165, 1.54) is 11.0 Å². The number of Topliss-reactive ketones (excluding diaryl/α,β-unsaturated/α-hetero) is 1. The molecule has 1 aliphatic carbocycles. The Morgan fingerprint density at radius 1 is 1.10 bits per heavy atom. The number of amides is 1. The molecular weight excluding hydrogens is 402 g/mol. The second-order valence-corrected chi connectivity index (χ2v) is 8.05. The van der Waals surface area contributed by atoms with Gasteiger partial charge < -0.3 is 14.2 Å². The average Bonchev–Trinajstić information content (AvgIpc) is 2.75. The minimum atomic E-state index is -0.472. The average molecular weight is 431 g/mol. The predicted octanol–water partition coefficient (Wildman–Crippen LogP) is 3.06. The number of ketones is 1. The quantitative estimate of drug-likeness (QED) is 0.461. The summed E-state index contributed by atoms with van der Waals surface area (Å²) in [4.78, 5) is 50.2. The first kappa shape index (κ1) is 22.8. The van der Waals surface area contributed by atoms with Crippen LogP contribution in [0.15, 0.2) is 18.2 Å². The Balaban J connectivity index is 1.67. The van der Waals surface area contributed by atoms with Gasteiger partial charge in [0.15, 0.2) is 12.4 Å². The number of hydrogen-bond acceptors (Lipinski definition) is 7. The smallest absolute Gasteiger partial charge is 0.326 e. The van der Waals surface area contributed by atoms with Gasteiger partial charge in [0, 0.05) is 12.0 Å². The lowest BCUT2D eigenvalue weighted by molar-refractivity contribution is -0.150. The molecule has 1 fully saturated rings. The van der Waals surface area contributed by atoms with Crippen LogP contribution in [0.1, 0.15) is 62.7 Å². The van der Waals surface area contributed by atoms with Crippen molar-refractivity contribution in [2.45, 2.75) is 58.5 Å². The SMILES string of the molecule is CCOC(=O)CCC(=O)c1ccc2c(c1)N(CC(=O)OC1CCC(C)CC1)C(=O)CO2. The van der Waals surface area contributed by atoms with Crippen molar-refractivity contribution in [1.82, 2.24) is 0 Å². The summed E-state index contributed by atoms with van der Waals surface area (Å²) in [6, 6.07) is 4.71. The molecule has 1 saturated carbocycles. The van der Waals surface area contributed by atoms with Gasteiger partial charge in [-0.15, -0.1) is 0 Å². The first-order valence-corrected chi connectivity index (χ1v) is 10.8. The van der Waals surface area contributed by atoms with Gasteiger partial charge in [-0.25, -0.2) is 0 Å². The standard InChI is InChI=1S/C23H29NO7/c1-3-29-22(27)11-9-19(25)16-6-10-20-18(12-16)24(21(26)14-30-20)13-23(28)31-17-7-4-15(2)5-8-17/h6,10,12,15,17H,3-5,7-9,11,13-14H2,1-2H3. The van der Waals surface area contributed by atoms with Gasteiger partial charge in [-0.3, -0.25) is 24.1 Å². The van der Waals surface area contributed by atoms with E-state index in [1.807, 2.05) is 0 Å². The fourth-order valence-corrected chi connectivity index (χ4v) is 3.84. The van der Waals surface area contributed by atoms with Crippen LogP contribution in [-0.2, 0) is 23.9 Å². The Hall–Kier alpha value is -2.90. The number of fused-ring (bicyclic) bond motifs is 1. The van der Waals surface area contributed by atoms with Crippen molar-refractivity contribution in [3.05, 3.63) is 23.8 Å². The van der Waals surface area contributed by atoms with Crippen molar-refractivity contribution < 1.29 is 33.4 Å². The molecule has 8 nitrogen and oxygen atoms in total. The molecule has 2 aliphatic rings. The summed E-state index contributed by atoms with van der Waals surface area (Å²) >= 11 is 0. The van der Waals surface area contributed by atoms with Crippen molar-refractivity contribution in [2.75, 3.05) is 24.7 Å². The van der Waals surface area contributed by atoms with Gasteiger partial charge in [0.1, 0.15) is 18.4 Å². The van der Waals surface area contributed by atoms with Crippen LogP contribution in [0.25, 0.3) is 0 Å². The molecular formula is C23H29NO7. The van der Waals surface area contributed by atoms with E-state index in [-0.39, 0.29) is 50.4 Å². The lowest BCUT2D eigenvalue weighted by Crippen LogP contribution is -2.43. The van der Waals surface area contributed by atoms with E-state index in [0.717, 1.165) is 25.7 Å². The summed E-state index contributed by atoms with van der Waals surface area (Å²) in [7, 11) is 0. The number of hydrogen-bond donors (Lipinski definition) is 0. The maximum Gasteiger partial charge on any atom is 0.326 e. The molecule has 3 rings (SSSR count). The Morgan fingerprint density at radius 3 is 2.55 bits per heavy atom. The van der Waals surface area contributed by atoms with E-state index in [0.29, 0.717) is 22.9 Å². The zero-order chi connectivity index (χ0) is 22.4. The van der Waals surface area contributed by atoms with E-state index in [2.05, 4.69) is 6.92 Å². The van der Waals surface area contributed by atoms with Gasteiger partial charge in [-0.05, 0) is 56.7 Å². The van der Waals surface area contributed by atoms with Crippen LogP contribution in [0, 0.1) is 5.92 Å². The number of esters is 2. The Bertz CT molecular complexity index is 842. The van der Waals surface area contributed by atoms with Crippen molar-refractivity contribution in [3.63, 3.8) is 0 Å². The molecule has 0 unspecified atom stereocenters. The lowest BCUT2D eigenvalue weighted by atomic mass is 9.89. The zero-order valence-electron chi connectivity index (χ0n) is 18.1. The first-order valence-electron chi connectivity index (χ1n) is 10.8. The Kier molecular flexibility index (Phi) is 7.65.